The predicted octanol–water partition coefficient (Wildman–Crippen LogP) is 3.20. The van der Waals surface area contributed by atoms with Crippen molar-refractivity contribution < 1.29 is 0 Å². The van der Waals surface area contributed by atoms with Crippen molar-refractivity contribution in [2.24, 2.45) is 5.18 Å². The summed E-state index contributed by atoms with van der Waals surface area (Å²) in [7, 11) is 0. The molecule has 82 valence electrons. The molecule has 0 fully saturated rings. The van der Waals surface area contributed by atoms with Crippen molar-refractivity contribution in [3.63, 3.8) is 0 Å². The van der Waals surface area contributed by atoms with Gasteiger partial charge in [0.25, 0.3) is 0 Å². The van der Waals surface area contributed by atoms with Crippen LogP contribution in [0.5, 0.6) is 0 Å². The highest BCUT2D eigenvalue weighted by atomic mass is 16.3. The van der Waals surface area contributed by atoms with Gasteiger partial charge in [0.15, 0.2) is 0 Å². The monoisotopic (exact) mass is 215 g/mol. The molecule has 2 aromatic rings. The number of hydrogen-bond donors (Lipinski definition) is 0. The van der Waals surface area contributed by atoms with Gasteiger partial charge in [0.2, 0.25) is 0 Å². The van der Waals surface area contributed by atoms with Gasteiger partial charge in [0.05, 0.1) is 6.04 Å². The van der Waals surface area contributed by atoms with Crippen molar-refractivity contribution in [1.29, 1.82) is 0 Å². The van der Waals surface area contributed by atoms with Crippen molar-refractivity contribution in [3.05, 3.63) is 53.0 Å². The Kier molecular flexibility index (Phi) is 2.81. The normalized spacial score (nSPS) is 12.4. The summed E-state index contributed by atoms with van der Waals surface area (Å²) in [5.41, 5.74) is 1.59. The number of hydrogen-bond acceptors (Lipinski definition) is 3. The summed E-state index contributed by atoms with van der Waals surface area (Å²) in [5, 5.41) is 2.88. The Balaban J connectivity index is 2.30. The fraction of sp³-hybridized carbons (Fsp3) is 0.250. The Morgan fingerprint density at radius 3 is 2.50 bits per heavy atom. The van der Waals surface area contributed by atoms with Crippen LogP contribution in [0, 0.1) is 11.8 Å². The van der Waals surface area contributed by atoms with Gasteiger partial charge in [-0.2, -0.15) is 0 Å². The lowest BCUT2D eigenvalue weighted by Gasteiger charge is -2.15. The van der Waals surface area contributed by atoms with Gasteiger partial charge in [-0.05, 0) is 36.7 Å². The Hall–Kier alpha value is -1.97. The summed E-state index contributed by atoms with van der Waals surface area (Å²) in [5.74, 6) is 0.977. The van der Waals surface area contributed by atoms with E-state index in [0.29, 0.717) is 5.69 Å². The van der Waals surface area contributed by atoms with Crippen LogP contribution in [0.2, 0.25) is 0 Å². The molecule has 0 N–H and O–H groups in total. The Bertz CT molecular complexity index is 487. The van der Waals surface area contributed by atoms with Gasteiger partial charge in [0, 0.05) is 12.4 Å². The minimum atomic E-state index is 0.211. The van der Waals surface area contributed by atoms with E-state index in [1.807, 2.05) is 25.3 Å². The first kappa shape index (κ1) is 10.5. The van der Waals surface area contributed by atoms with E-state index in [9.17, 15) is 4.91 Å². The molecule has 0 aliphatic heterocycles. The fourth-order valence-electron chi connectivity index (χ4n) is 1.77. The Morgan fingerprint density at radius 2 is 2.00 bits per heavy atom. The highest BCUT2D eigenvalue weighted by molar-refractivity contribution is 5.39. The lowest BCUT2D eigenvalue weighted by Crippen LogP contribution is -2.07. The Morgan fingerprint density at radius 1 is 1.31 bits per heavy atom. The number of rotatable bonds is 3. The SMILES string of the molecule is Cc1nccn1[C@@H](C)c1ccc(N=O)cc1. The highest BCUT2D eigenvalue weighted by Gasteiger charge is 2.09. The van der Waals surface area contributed by atoms with E-state index in [2.05, 4.69) is 21.7 Å². The van der Waals surface area contributed by atoms with Crippen LogP contribution in [-0.2, 0) is 0 Å². The van der Waals surface area contributed by atoms with Crippen LogP contribution in [-0.4, -0.2) is 9.55 Å². The standard InChI is InChI=1S/C12H13N3O/c1-9(15-8-7-13-10(15)2)11-3-5-12(14-16)6-4-11/h3-9H,1-2H3/t9-/m0/s1. The van der Waals surface area contributed by atoms with Gasteiger partial charge in [0.1, 0.15) is 11.5 Å². The molecule has 0 aliphatic rings. The molecule has 0 radical (unpaired) electrons. The molecule has 1 atom stereocenters. The molecule has 0 bridgehead atoms. The molecule has 0 spiro atoms. The molecular weight excluding hydrogens is 202 g/mol. The van der Waals surface area contributed by atoms with E-state index in [-0.39, 0.29) is 6.04 Å². The van der Waals surface area contributed by atoms with Crippen molar-refractivity contribution in [2.45, 2.75) is 19.9 Å². The maximum Gasteiger partial charge on any atom is 0.108 e. The predicted molar refractivity (Wildman–Crippen MR) is 62.7 cm³/mol. The molecule has 1 aromatic heterocycles. The van der Waals surface area contributed by atoms with Crippen molar-refractivity contribution in [2.75, 3.05) is 0 Å². The van der Waals surface area contributed by atoms with Crippen LogP contribution in [0.1, 0.15) is 24.4 Å². The van der Waals surface area contributed by atoms with E-state index < -0.39 is 0 Å². The first-order valence-corrected chi connectivity index (χ1v) is 5.15. The molecule has 0 saturated heterocycles. The van der Waals surface area contributed by atoms with Gasteiger partial charge in [-0.1, -0.05) is 12.1 Å². The van der Waals surface area contributed by atoms with Gasteiger partial charge >= 0.3 is 0 Å². The first-order valence-electron chi connectivity index (χ1n) is 5.15. The molecule has 0 saturated carbocycles. The summed E-state index contributed by atoms with van der Waals surface area (Å²) >= 11 is 0. The van der Waals surface area contributed by atoms with Crippen LogP contribution < -0.4 is 0 Å². The molecule has 2 rings (SSSR count). The number of imidazole rings is 1. The third kappa shape index (κ3) is 1.86. The molecule has 1 heterocycles. The van der Waals surface area contributed by atoms with Gasteiger partial charge < -0.3 is 4.57 Å². The molecular formula is C12H13N3O. The molecule has 16 heavy (non-hydrogen) atoms. The van der Waals surface area contributed by atoms with E-state index in [4.69, 9.17) is 0 Å². The third-order valence-electron chi connectivity index (χ3n) is 2.76. The number of aryl methyl sites for hydroxylation is 1. The van der Waals surface area contributed by atoms with Gasteiger partial charge in [-0.15, -0.1) is 4.91 Å². The smallest absolute Gasteiger partial charge is 0.108 e. The van der Waals surface area contributed by atoms with Gasteiger partial charge in [-0.3, -0.25) is 0 Å². The summed E-state index contributed by atoms with van der Waals surface area (Å²) in [6.07, 6.45) is 3.74. The maximum atomic E-state index is 10.3. The average molecular weight is 215 g/mol. The quantitative estimate of drug-likeness (QED) is 0.738. The minimum Gasteiger partial charge on any atom is -0.328 e. The van der Waals surface area contributed by atoms with Gasteiger partial charge in [-0.25, -0.2) is 4.98 Å². The topological polar surface area (TPSA) is 47.2 Å². The molecule has 1 aromatic carbocycles. The fourth-order valence-corrected chi connectivity index (χ4v) is 1.77. The highest BCUT2D eigenvalue weighted by Crippen LogP contribution is 2.21. The van der Waals surface area contributed by atoms with E-state index >= 15 is 0 Å². The Labute approximate surface area is 93.9 Å². The second-order valence-electron chi connectivity index (χ2n) is 3.74. The second kappa shape index (κ2) is 4.26. The largest absolute Gasteiger partial charge is 0.328 e. The van der Waals surface area contributed by atoms with E-state index in [0.717, 1.165) is 11.4 Å². The second-order valence-corrected chi connectivity index (χ2v) is 3.74. The van der Waals surface area contributed by atoms with Crippen LogP contribution in [0.4, 0.5) is 5.69 Å². The zero-order valence-corrected chi connectivity index (χ0v) is 9.29. The molecule has 0 aliphatic carbocycles. The number of nitrogens with zero attached hydrogens (tertiary/aromatic N) is 3. The van der Waals surface area contributed by atoms with Crippen LogP contribution in [0.15, 0.2) is 41.8 Å². The maximum absolute atomic E-state index is 10.3. The zero-order chi connectivity index (χ0) is 11.5. The van der Waals surface area contributed by atoms with E-state index in [1.165, 1.54) is 0 Å². The zero-order valence-electron chi connectivity index (χ0n) is 9.29. The minimum absolute atomic E-state index is 0.211. The lowest BCUT2D eigenvalue weighted by atomic mass is 10.1. The van der Waals surface area contributed by atoms with Crippen molar-refractivity contribution in [3.8, 4) is 0 Å². The molecule has 0 amide bonds. The molecule has 4 nitrogen and oxygen atoms in total. The average Bonchev–Trinajstić information content (AvgIpc) is 2.75. The van der Waals surface area contributed by atoms with E-state index in [1.54, 1.807) is 18.3 Å². The summed E-state index contributed by atoms with van der Waals surface area (Å²) in [6.45, 7) is 4.07. The van der Waals surface area contributed by atoms with Crippen LogP contribution in [0.25, 0.3) is 0 Å². The summed E-state index contributed by atoms with van der Waals surface area (Å²) in [4.78, 5) is 14.5. The first-order chi connectivity index (χ1) is 7.72. The van der Waals surface area contributed by atoms with Crippen LogP contribution >= 0.6 is 0 Å². The summed E-state index contributed by atoms with van der Waals surface area (Å²) < 4.78 is 2.09. The molecule has 4 heteroatoms. The van der Waals surface area contributed by atoms with Crippen LogP contribution in [0.3, 0.4) is 0 Å². The molecule has 0 unspecified atom stereocenters. The third-order valence-corrected chi connectivity index (χ3v) is 2.76. The summed E-state index contributed by atoms with van der Waals surface area (Å²) in [6, 6.07) is 7.50. The number of nitroso groups, excluding NO2 is 1. The van der Waals surface area contributed by atoms with Crippen molar-refractivity contribution >= 4 is 5.69 Å². The lowest BCUT2D eigenvalue weighted by molar-refractivity contribution is 0.619. The number of benzene rings is 1. The number of aromatic nitrogens is 2. The van der Waals surface area contributed by atoms with Crippen molar-refractivity contribution in [1.82, 2.24) is 9.55 Å².